The van der Waals surface area contributed by atoms with Crippen LogP contribution in [0.5, 0.6) is 5.75 Å². The second-order valence-electron chi connectivity index (χ2n) is 5.78. The maximum absolute atomic E-state index is 12.7. The Morgan fingerprint density at radius 3 is 2.73 bits per heavy atom. The lowest BCUT2D eigenvalue weighted by atomic mass is 10.2. The Morgan fingerprint density at radius 2 is 2.12 bits per heavy atom. The molecular weight excluding hydrogens is 350 g/mol. The fourth-order valence-corrected chi connectivity index (χ4v) is 3.26. The lowest BCUT2D eigenvalue weighted by Crippen LogP contribution is -2.33. The summed E-state index contributed by atoms with van der Waals surface area (Å²) in [7, 11) is 0. The maximum atomic E-state index is 12.7. The quantitative estimate of drug-likeness (QED) is 0.627. The third kappa shape index (κ3) is 5.23. The molecule has 0 atom stereocenters. The molecule has 0 bridgehead atoms. The molecule has 0 saturated heterocycles. The minimum atomic E-state index is -0.0762. The maximum Gasteiger partial charge on any atom is 0.237 e. The molecule has 2 rings (SSSR count). The molecule has 0 spiro atoms. The van der Waals surface area contributed by atoms with E-state index < -0.39 is 0 Å². The van der Waals surface area contributed by atoms with Gasteiger partial charge in [0.2, 0.25) is 5.91 Å². The first-order chi connectivity index (χ1) is 12.6. The lowest BCUT2D eigenvalue weighted by molar-refractivity contribution is -0.116. The van der Waals surface area contributed by atoms with Gasteiger partial charge in [0.1, 0.15) is 12.1 Å². The predicted octanol–water partition coefficient (Wildman–Crippen LogP) is 3.30. The number of benzene rings is 1. The number of ether oxygens (including phenoxy) is 1. The van der Waals surface area contributed by atoms with Crippen LogP contribution in [-0.2, 0) is 4.79 Å². The fourth-order valence-electron chi connectivity index (χ4n) is 2.34. The molecule has 0 aliphatic rings. The monoisotopic (exact) mass is 373 g/mol. The van der Waals surface area contributed by atoms with E-state index in [9.17, 15) is 4.79 Å². The first-order valence-corrected chi connectivity index (χ1v) is 9.47. The number of hydrogen-bond donors (Lipinski definition) is 0. The summed E-state index contributed by atoms with van der Waals surface area (Å²) < 4.78 is 7.36. The van der Waals surface area contributed by atoms with Crippen LogP contribution in [0, 0.1) is 11.3 Å². The van der Waals surface area contributed by atoms with Crippen LogP contribution in [0.3, 0.4) is 0 Å². The van der Waals surface area contributed by atoms with Crippen LogP contribution in [0.15, 0.2) is 35.7 Å². The van der Waals surface area contributed by atoms with Crippen molar-refractivity contribution in [2.24, 2.45) is 0 Å². The van der Waals surface area contributed by atoms with Crippen molar-refractivity contribution < 1.29 is 9.53 Å². The minimum absolute atomic E-state index is 0.0762. The van der Waals surface area contributed by atoms with E-state index in [1.807, 2.05) is 49.6 Å². The summed E-state index contributed by atoms with van der Waals surface area (Å²) in [6.45, 7) is 6.93. The summed E-state index contributed by atoms with van der Waals surface area (Å²) in [5.41, 5.74) is 0.750. The molecular formula is C18H23N5O2S. The van der Waals surface area contributed by atoms with Crippen molar-refractivity contribution in [2.75, 3.05) is 23.8 Å². The van der Waals surface area contributed by atoms with E-state index in [2.05, 4.69) is 16.3 Å². The van der Waals surface area contributed by atoms with Gasteiger partial charge >= 0.3 is 0 Å². The van der Waals surface area contributed by atoms with Crippen molar-refractivity contribution in [1.29, 1.82) is 5.26 Å². The third-order valence-corrected chi connectivity index (χ3v) is 4.57. The van der Waals surface area contributed by atoms with Gasteiger partial charge in [0, 0.05) is 18.3 Å². The molecule has 0 radical (unpaired) electrons. The SMILES string of the molecule is CCOc1ccc(N(CCC#N)C(=O)CSc2nncn2C(C)C)cc1. The van der Waals surface area contributed by atoms with Crippen molar-refractivity contribution in [2.45, 2.75) is 38.4 Å². The second-order valence-corrected chi connectivity index (χ2v) is 6.73. The van der Waals surface area contributed by atoms with Gasteiger partial charge in [-0.15, -0.1) is 10.2 Å². The van der Waals surface area contributed by atoms with Gasteiger partial charge < -0.3 is 14.2 Å². The number of anilines is 1. The molecule has 1 amide bonds. The molecule has 138 valence electrons. The van der Waals surface area contributed by atoms with Crippen molar-refractivity contribution in [3.63, 3.8) is 0 Å². The van der Waals surface area contributed by atoms with Crippen LogP contribution in [0.4, 0.5) is 5.69 Å². The van der Waals surface area contributed by atoms with Gasteiger partial charge in [-0.25, -0.2) is 0 Å². The molecule has 0 unspecified atom stereocenters. The number of hydrogen-bond acceptors (Lipinski definition) is 6. The van der Waals surface area contributed by atoms with Gasteiger partial charge in [0.25, 0.3) is 0 Å². The third-order valence-electron chi connectivity index (χ3n) is 3.63. The first kappa shape index (κ1) is 19.8. The Hall–Kier alpha value is -2.53. The summed E-state index contributed by atoms with van der Waals surface area (Å²) >= 11 is 1.35. The van der Waals surface area contributed by atoms with Crippen LogP contribution in [0.25, 0.3) is 0 Å². The first-order valence-electron chi connectivity index (χ1n) is 8.49. The molecule has 0 N–H and O–H groups in total. The average Bonchev–Trinajstić information content (AvgIpc) is 3.11. The molecule has 1 aromatic heterocycles. The van der Waals surface area contributed by atoms with E-state index in [0.717, 1.165) is 11.4 Å². The summed E-state index contributed by atoms with van der Waals surface area (Å²) in [6.07, 6.45) is 1.93. The van der Waals surface area contributed by atoms with E-state index in [1.54, 1.807) is 11.2 Å². The highest BCUT2D eigenvalue weighted by Crippen LogP contribution is 2.23. The van der Waals surface area contributed by atoms with Crippen molar-refractivity contribution in [3.8, 4) is 11.8 Å². The van der Waals surface area contributed by atoms with Crippen LogP contribution < -0.4 is 9.64 Å². The Labute approximate surface area is 158 Å². The zero-order valence-corrected chi connectivity index (χ0v) is 16.1. The largest absolute Gasteiger partial charge is 0.494 e. The highest BCUT2D eigenvalue weighted by Gasteiger charge is 2.18. The highest BCUT2D eigenvalue weighted by molar-refractivity contribution is 7.99. The standard InChI is InChI=1S/C18H23N5O2S/c1-4-25-16-8-6-15(7-9-16)22(11-5-10-19)17(24)12-26-18-21-20-13-23(18)14(2)3/h6-9,13-14H,4-5,11-12H2,1-3H3. The number of nitriles is 1. The Kier molecular flexibility index (Phi) is 7.48. The van der Waals surface area contributed by atoms with Crippen molar-refractivity contribution in [3.05, 3.63) is 30.6 Å². The second kappa shape index (κ2) is 9.82. The number of carbonyl (C=O) groups is 1. The van der Waals surface area contributed by atoms with Crippen molar-refractivity contribution >= 4 is 23.4 Å². The Morgan fingerprint density at radius 1 is 1.38 bits per heavy atom. The number of amides is 1. The molecule has 0 aliphatic heterocycles. The summed E-state index contributed by atoms with van der Waals surface area (Å²) in [5.74, 6) is 0.903. The topological polar surface area (TPSA) is 84.0 Å². The van der Waals surface area contributed by atoms with Gasteiger partial charge in [-0.2, -0.15) is 5.26 Å². The number of aromatic nitrogens is 3. The smallest absolute Gasteiger partial charge is 0.237 e. The number of thioether (sulfide) groups is 1. The van der Waals surface area contributed by atoms with E-state index in [4.69, 9.17) is 10.00 Å². The average molecular weight is 373 g/mol. The summed E-state index contributed by atoms with van der Waals surface area (Å²) in [5, 5.41) is 17.6. The fraction of sp³-hybridized carbons (Fsp3) is 0.444. The zero-order valence-electron chi connectivity index (χ0n) is 15.3. The van der Waals surface area contributed by atoms with E-state index in [0.29, 0.717) is 18.3 Å². The normalized spacial score (nSPS) is 10.6. The molecule has 7 nitrogen and oxygen atoms in total. The lowest BCUT2D eigenvalue weighted by Gasteiger charge is -2.22. The molecule has 0 fully saturated rings. The van der Waals surface area contributed by atoms with E-state index >= 15 is 0 Å². The van der Waals surface area contributed by atoms with Crippen LogP contribution >= 0.6 is 11.8 Å². The molecule has 1 aromatic carbocycles. The molecule has 0 saturated carbocycles. The molecule has 26 heavy (non-hydrogen) atoms. The molecule has 2 aromatic rings. The minimum Gasteiger partial charge on any atom is -0.494 e. The molecule has 0 aliphatic carbocycles. The van der Waals surface area contributed by atoms with Crippen LogP contribution in [0.2, 0.25) is 0 Å². The Bertz CT molecular complexity index is 752. The molecule has 8 heteroatoms. The number of carbonyl (C=O) groups excluding carboxylic acids is 1. The van der Waals surface area contributed by atoms with Gasteiger partial charge in [-0.3, -0.25) is 4.79 Å². The number of rotatable bonds is 9. The zero-order chi connectivity index (χ0) is 18.9. The van der Waals surface area contributed by atoms with Gasteiger partial charge in [-0.05, 0) is 45.0 Å². The van der Waals surface area contributed by atoms with E-state index in [-0.39, 0.29) is 24.1 Å². The molecule has 1 heterocycles. The Balaban J connectivity index is 2.08. The predicted molar refractivity (Wildman–Crippen MR) is 101 cm³/mol. The van der Waals surface area contributed by atoms with Gasteiger partial charge in [-0.1, -0.05) is 11.8 Å². The van der Waals surface area contributed by atoms with Crippen LogP contribution in [-0.4, -0.2) is 39.6 Å². The summed E-state index contributed by atoms with van der Waals surface area (Å²) in [6, 6.07) is 9.65. The summed E-state index contributed by atoms with van der Waals surface area (Å²) in [4.78, 5) is 14.4. The highest BCUT2D eigenvalue weighted by atomic mass is 32.2. The van der Waals surface area contributed by atoms with Crippen molar-refractivity contribution in [1.82, 2.24) is 14.8 Å². The van der Waals surface area contributed by atoms with Crippen LogP contribution in [0.1, 0.15) is 33.2 Å². The van der Waals surface area contributed by atoms with E-state index in [1.165, 1.54) is 11.8 Å². The van der Waals surface area contributed by atoms with Gasteiger partial charge in [0.05, 0.1) is 24.8 Å². The number of nitrogens with zero attached hydrogens (tertiary/aromatic N) is 5. The van der Waals surface area contributed by atoms with Gasteiger partial charge in [0.15, 0.2) is 5.16 Å².